The molecule has 1 atom stereocenters. The molecule has 0 saturated carbocycles. The zero-order valence-corrected chi connectivity index (χ0v) is 10.3. The van der Waals surface area contributed by atoms with Crippen LogP contribution in [-0.4, -0.2) is 24.4 Å². The Labute approximate surface area is 106 Å². The van der Waals surface area contributed by atoms with Crippen LogP contribution < -0.4 is 16.4 Å². The van der Waals surface area contributed by atoms with Crippen molar-refractivity contribution in [3.8, 4) is 0 Å². The number of aryl methyl sites for hydroxylation is 1. The quantitative estimate of drug-likeness (QED) is 0.669. The van der Waals surface area contributed by atoms with E-state index in [-0.39, 0.29) is 11.8 Å². The van der Waals surface area contributed by atoms with E-state index >= 15 is 0 Å². The third-order valence-corrected chi connectivity index (χ3v) is 3.12. The van der Waals surface area contributed by atoms with E-state index in [1.54, 1.807) is 18.2 Å². The molecular formula is C13H17N3O2. The number of nitrogens with one attached hydrogen (secondary N) is 2. The van der Waals surface area contributed by atoms with Gasteiger partial charge < -0.3 is 16.4 Å². The SMILES string of the molecule is Cc1cc(C(=O)NC2CCCNC2=O)ccc1N. The van der Waals surface area contributed by atoms with Crippen LogP contribution in [0, 0.1) is 6.92 Å². The first-order valence-electron chi connectivity index (χ1n) is 6.02. The van der Waals surface area contributed by atoms with Crippen LogP contribution in [0.25, 0.3) is 0 Å². The van der Waals surface area contributed by atoms with Crippen molar-refractivity contribution < 1.29 is 9.59 Å². The monoisotopic (exact) mass is 247 g/mol. The zero-order chi connectivity index (χ0) is 13.1. The first-order valence-corrected chi connectivity index (χ1v) is 6.02. The number of benzene rings is 1. The Morgan fingerprint density at radius 2 is 2.28 bits per heavy atom. The molecule has 2 amide bonds. The Bertz CT molecular complexity index is 485. The van der Waals surface area contributed by atoms with Gasteiger partial charge in [-0.25, -0.2) is 0 Å². The van der Waals surface area contributed by atoms with Gasteiger partial charge in [0, 0.05) is 17.8 Å². The maximum absolute atomic E-state index is 12.0. The topological polar surface area (TPSA) is 84.2 Å². The fraction of sp³-hybridized carbons (Fsp3) is 0.385. The van der Waals surface area contributed by atoms with Gasteiger partial charge in [-0.3, -0.25) is 9.59 Å². The second-order valence-corrected chi connectivity index (χ2v) is 4.53. The lowest BCUT2D eigenvalue weighted by Gasteiger charge is -2.22. The van der Waals surface area contributed by atoms with Crippen molar-refractivity contribution in [1.29, 1.82) is 0 Å². The van der Waals surface area contributed by atoms with E-state index in [0.717, 1.165) is 12.0 Å². The molecule has 0 bridgehead atoms. The second-order valence-electron chi connectivity index (χ2n) is 4.53. The molecular weight excluding hydrogens is 230 g/mol. The minimum absolute atomic E-state index is 0.109. The Hall–Kier alpha value is -2.04. The lowest BCUT2D eigenvalue weighted by atomic mass is 10.1. The van der Waals surface area contributed by atoms with Gasteiger partial charge in [0.25, 0.3) is 5.91 Å². The van der Waals surface area contributed by atoms with E-state index in [4.69, 9.17) is 5.73 Å². The molecule has 1 fully saturated rings. The first kappa shape index (κ1) is 12.4. The van der Waals surface area contributed by atoms with Crippen molar-refractivity contribution in [2.24, 2.45) is 0 Å². The number of carbonyl (C=O) groups is 2. The van der Waals surface area contributed by atoms with Crippen molar-refractivity contribution in [1.82, 2.24) is 10.6 Å². The molecule has 5 heteroatoms. The van der Waals surface area contributed by atoms with Crippen LogP contribution in [0.1, 0.15) is 28.8 Å². The highest BCUT2D eigenvalue weighted by Crippen LogP contribution is 2.13. The number of hydrogen-bond acceptors (Lipinski definition) is 3. The number of anilines is 1. The van der Waals surface area contributed by atoms with Crippen LogP contribution in [0.15, 0.2) is 18.2 Å². The molecule has 1 aliphatic heterocycles. The Balaban J connectivity index is 2.07. The van der Waals surface area contributed by atoms with Crippen molar-refractivity contribution in [2.45, 2.75) is 25.8 Å². The number of piperidine rings is 1. The molecule has 0 aliphatic carbocycles. The lowest BCUT2D eigenvalue weighted by molar-refractivity contribution is -0.124. The van der Waals surface area contributed by atoms with Crippen molar-refractivity contribution in [2.75, 3.05) is 12.3 Å². The van der Waals surface area contributed by atoms with Gasteiger partial charge in [0.1, 0.15) is 6.04 Å². The maximum Gasteiger partial charge on any atom is 0.251 e. The van der Waals surface area contributed by atoms with E-state index < -0.39 is 6.04 Å². The number of nitrogens with two attached hydrogens (primary N) is 1. The van der Waals surface area contributed by atoms with Crippen LogP contribution in [0.3, 0.4) is 0 Å². The summed E-state index contributed by atoms with van der Waals surface area (Å²) in [5.74, 6) is -0.345. The highest BCUT2D eigenvalue weighted by atomic mass is 16.2. The van der Waals surface area contributed by atoms with Crippen LogP contribution in [-0.2, 0) is 4.79 Å². The van der Waals surface area contributed by atoms with E-state index in [0.29, 0.717) is 24.2 Å². The summed E-state index contributed by atoms with van der Waals surface area (Å²) in [4.78, 5) is 23.5. The fourth-order valence-corrected chi connectivity index (χ4v) is 1.97. The number of carbonyl (C=O) groups excluding carboxylic acids is 2. The average molecular weight is 247 g/mol. The molecule has 96 valence electrons. The summed E-state index contributed by atoms with van der Waals surface area (Å²) in [6.45, 7) is 2.53. The van der Waals surface area contributed by atoms with E-state index in [1.165, 1.54) is 0 Å². The third-order valence-electron chi connectivity index (χ3n) is 3.12. The van der Waals surface area contributed by atoms with Crippen LogP contribution in [0.4, 0.5) is 5.69 Å². The minimum Gasteiger partial charge on any atom is -0.399 e. The largest absolute Gasteiger partial charge is 0.399 e. The predicted molar refractivity (Wildman–Crippen MR) is 69.1 cm³/mol. The molecule has 4 N–H and O–H groups in total. The van der Waals surface area contributed by atoms with Crippen molar-refractivity contribution in [3.05, 3.63) is 29.3 Å². The zero-order valence-electron chi connectivity index (χ0n) is 10.3. The Morgan fingerprint density at radius 1 is 1.50 bits per heavy atom. The molecule has 1 heterocycles. The summed E-state index contributed by atoms with van der Waals surface area (Å²) >= 11 is 0. The minimum atomic E-state index is -0.427. The lowest BCUT2D eigenvalue weighted by Crippen LogP contribution is -2.50. The Morgan fingerprint density at radius 3 is 2.94 bits per heavy atom. The van der Waals surface area contributed by atoms with Gasteiger partial charge in [-0.1, -0.05) is 0 Å². The maximum atomic E-state index is 12.0. The highest BCUT2D eigenvalue weighted by molar-refractivity contribution is 5.98. The van der Waals surface area contributed by atoms with Gasteiger partial charge >= 0.3 is 0 Å². The number of nitrogen functional groups attached to an aromatic ring is 1. The summed E-state index contributed by atoms with van der Waals surface area (Å²) in [6.07, 6.45) is 1.57. The molecule has 0 spiro atoms. The van der Waals surface area contributed by atoms with E-state index in [9.17, 15) is 9.59 Å². The summed E-state index contributed by atoms with van der Waals surface area (Å²) in [5.41, 5.74) is 7.74. The smallest absolute Gasteiger partial charge is 0.251 e. The van der Waals surface area contributed by atoms with Crippen molar-refractivity contribution >= 4 is 17.5 Å². The molecule has 1 unspecified atom stereocenters. The number of hydrogen-bond donors (Lipinski definition) is 3. The summed E-state index contributed by atoms with van der Waals surface area (Å²) in [5, 5.41) is 5.48. The van der Waals surface area contributed by atoms with Gasteiger partial charge in [0.05, 0.1) is 0 Å². The van der Waals surface area contributed by atoms with Gasteiger partial charge in [-0.05, 0) is 43.5 Å². The fourth-order valence-electron chi connectivity index (χ4n) is 1.97. The van der Waals surface area contributed by atoms with Crippen LogP contribution in [0.5, 0.6) is 0 Å². The van der Waals surface area contributed by atoms with Crippen LogP contribution in [0.2, 0.25) is 0 Å². The summed E-state index contributed by atoms with van der Waals surface area (Å²) in [7, 11) is 0. The molecule has 5 nitrogen and oxygen atoms in total. The predicted octanol–water partition coefficient (Wildman–Crippen LogP) is 0.586. The number of amides is 2. The molecule has 2 rings (SSSR count). The van der Waals surface area contributed by atoms with E-state index in [2.05, 4.69) is 10.6 Å². The normalized spacial score (nSPS) is 19.2. The highest BCUT2D eigenvalue weighted by Gasteiger charge is 2.23. The molecule has 1 aromatic carbocycles. The summed E-state index contributed by atoms with van der Waals surface area (Å²) in [6, 6.07) is 4.67. The van der Waals surface area contributed by atoms with Crippen molar-refractivity contribution in [3.63, 3.8) is 0 Å². The standard InChI is InChI=1S/C13H17N3O2/c1-8-7-9(4-5-10(8)14)12(17)16-11-3-2-6-15-13(11)18/h4-5,7,11H,2-3,6,14H2,1H3,(H,15,18)(H,16,17). The third kappa shape index (κ3) is 2.61. The number of rotatable bonds is 2. The van der Waals surface area contributed by atoms with E-state index in [1.807, 2.05) is 6.92 Å². The summed E-state index contributed by atoms with van der Waals surface area (Å²) < 4.78 is 0. The molecule has 1 aromatic rings. The molecule has 0 radical (unpaired) electrons. The van der Waals surface area contributed by atoms with Gasteiger partial charge in [-0.2, -0.15) is 0 Å². The van der Waals surface area contributed by atoms with Gasteiger partial charge in [0.15, 0.2) is 0 Å². The molecule has 1 aliphatic rings. The average Bonchev–Trinajstić information content (AvgIpc) is 2.35. The van der Waals surface area contributed by atoms with Crippen LogP contribution >= 0.6 is 0 Å². The second kappa shape index (κ2) is 5.08. The van der Waals surface area contributed by atoms with Gasteiger partial charge in [0.2, 0.25) is 5.91 Å². The molecule has 1 saturated heterocycles. The van der Waals surface area contributed by atoms with Gasteiger partial charge in [-0.15, -0.1) is 0 Å². The Kier molecular flexibility index (Phi) is 3.50. The molecule has 0 aromatic heterocycles. The molecule has 18 heavy (non-hydrogen) atoms. The first-order chi connectivity index (χ1) is 8.58.